The van der Waals surface area contributed by atoms with Gasteiger partial charge >= 0.3 is 11.9 Å². The van der Waals surface area contributed by atoms with Crippen molar-refractivity contribution in [1.29, 1.82) is 0 Å². The van der Waals surface area contributed by atoms with Crippen LogP contribution in [0.15, 0.2) is 11.6 Å². The summed E-state index contributed by atoms with van der Waals surface area (Å²) in [6.07, 6.45) is 3.81. The predicted molar refractivity (Wildman–Crippen MR) is 77.2 cm³/mol. The molecule has 0 aromatic carbocycles. The van der Waals surface area contributed by atoms with E-state index in [1.807, 2.05) is 23.5 Å². The van der Waals surface area contributed by atoms with Crippen LogP contribution in [-0.4, -0.2) is 38.7 Å². The third kappa shape index (κ3) is 1.67. The lowest BCUT2D eigenvalue weighted by Crippen LogP contribution is -2.47. The zero-order valence-electron chi connectivity index (χ0n) is 10.9. The molecule has 2 saturated heterocycles. The number of thioether (sulfide) groups is 2. The van der Waals surface area contributed by atoms with Crippen molar-refractivity contribution < 1.29 is 19.4 Å². The van der Waals surface area contributed by atoms with Gasteiger partial charge < -0.3 is 9.84 Å². The fraction of sp³-hybridized carbons (Fsp3) is 0.714. The lowest BCUT2D eigenvalue weighted by molar-refractivity contribution is -0.154. The van der Waals surface area contributed by atoms with Crippen LogP contribution in [0.4, 0.5) is 0 Å². The van der Waals surface area contributed by atoms with E-state index in [0.717, 1.165) is 17.9 Å². The van der Waals surface area contributed by atoms with Crippen molar-refractivity contribution in [3.8, 4) is 0 Å². The molecule has 0 radical (unpaired) electrons. The molecule has 2 aliphatic heterocycles. The van der Waals surface area contributed by atoms with Crippen molar-refractivity contribution in [2.45, 2.75) is 29.4 Å². The summed E-state index contributed by atoms with van der Waals surface area (Å²) in [4.78, 5) is 23.8. The molecule has 4 atom stereocenters. The predicted octanol–water partition coefficient (Wildman–Crippen LogP) is 1.58. The molecule has 1 N–H and O–H groups in total. The highest BCUT2D eigenvalue weighted by atomic mass is 32.2. The maximum atomic E-state index is 12.0. The molecule has 0 aromatic rings. The van der Waals surface area contributed by atoms with Crippen molar-refractivity contribution in [2.24, 2.45) is 17.8 Å². The molecule has 108 valence electrons. The van der Waals surface area contributed by atoms with Crippen LogP contribution >= 0.6 is 23.5 Å². The monoisotopic (exact) mass is 312 g/mol. The van der Waals surface area contributed by atoms with Crippen LogP contribution in [0.3, 0.4) is 0 Å². The zero-order valence-corrected chi connectivity index (χ0v) is 12.5. The van der Waals surface area contributed by atoms with Crippen LogP contribution in [0.2, 0.25) is 0 Å². The number of hydrogen-bond acceptors (Lipinski definition) is 6. The van der Waals surface area contributed by atoms with Gasteiger partial charge in [0.2, 0.25) is 0 Å². The number of ether oxygens (including phenoxy) is 1. The van der Waals surface area contributed by atoms with E-state index in [-0.39, 0.29) is 15.9 Å². The van der Waals surface area contributed by atoms with Crippen LogP contribution in [0.1, 0.15) is 19.3 Å². The van der Waals surface area contributed by atoms with E-state index in [2.05, 4.69) is 6.08 Å². The number of allylic oxidation sites excluding steroid dienone is 1. The second-order valence-electron chi connectivity index (χ2n) is 5.85. The Kier molecular flexibility index (Phi) is 2.98. The molecule has 2 heterocycles. The third-order valence-electron chi connectivity index (χ3n) is 4.92. The molecule has 20 heavy (non-hydrogen) atoms. The quantitative estimate of drug-likeness (QED) is 0.416. The highest BCUT2D eigenvalue weighted by Crippen LogP contribution is 2.61. The Bertz CT molecular complexity index is 509. The van der Waals surface area contributed by atoms with Crippen LogP contribution in [0.25, 0.3) is 0 Å². The molecule has 4 aliphatic rings. The standard InChI is InChI=1S/C14H16O4S2/c15-9-3-4-14(19-5-6-20-14)8-2-1-7-10(11(8)9)13(17)18-12(7)16/h2,7,9-11,15H,1,3-6H2/t7-,9-,10-,11-/m1/s1. The van der Waals surface area contributed by atoms with E-state index in [9.17, 15) is 14.7 Å². The van der Waals surface area contributed by atoms with E-state index in [1.54, 1.807) is 0 Å². The minimum absolute atomic E-state index is 0.0286. The molecule has 3 fully saturated rings. The third-order valence-corrected chi connectivity index (χ3v) is 8.52. The summed E-state index contributed by atoms with van der Waals surface area (Å²) in [6.45, 7) is 0. The van der Waals surface area contributed by atoms with Crippen LogP contribution < -0.4 is 0 Å². The number of hydrogen-bond donors (Lipinski definition) is 1. The van der Waals surface area contributed by atoms with Crippen molar-refractivity contribution in [3.05, 3.63) is 11.6 Å². The van der Waals surface area contributed by atoms with Gasteiger partial charge in [0, 0.05) is 17.4 Å². The van der Waals surface area contributed by atoms with Crippen LogP contribution in [0.5, 0.6) is 0 Å². The Labute approximate surface area is 125 Å². The molecule has 0 amide bonds. The van der Waals surface area contributed by atoms with E-state index < -0.39 is 24.0 Å². The first-order valence-electron chi connectivity index (χ1n) is 7.04. The molecule has 6 heteroatoms. The van der Waals surface area contributed by atoms with E-state index in [4.69, 9.17) is 4.74 Å². The minimum atomic E-state index is -0.528. The SMILES string of the molecule is O=C1OC(=O)[C@@H]2CC=C3[C@@H]([C@H]12)[C@H](O)CCC31SCCS1. The lowest BCUT2D eigenvalue weighted by Gasteiger charge is -2.46. The fourth-order valence-electron chi connectivity index (χ4n) is 4.06. The number of cyclic esters (lactones) is 2. The summed E-state index contributed by atoms with van der Waals surface area (Å²) in [5, 5.41) is 10.4. The minimum Gasteiger partial charge on any atom is -0.393 e. The molecule has 0 unspecified atom stereocenters. The molecule has 1 saturated carbocycles. The number of aliphatic hydroxyl groups excluding tert-OH is 1. The van der Waals surface area contributed by atoms with Gasteiger partial charge in [-0.25, -0.2) is 0 Å². The Morgan fingerprint density at radius 1 is 1.20 bits per heavy atom. The number of aliphatic hydroxyl groups is 1. The van der Waals surface area contributed by atoms with Crippen molar-refractivity contribution >= 4 is 35.5 Å². The van der Waals surface area contributed by atoms with Gasteiger partial charge in [-0.3, -0.25) is 9.59 Å². The number of fused-ring (bicyclic) bond motifs is 4. The number of carbonyl (C=O) groups excluding carboxylic acids is 2. The van der Waals surface area contributed by atoms with Gasteiger partial charge in [0.05, 0.1) is 22.0 Å². The molecular weight excluding hydrogens is 296 g/mol. The smallest absolute Gasteiger partial charge is 0.318 e. The Morgan fingerprint density at radius 2 is 1.95 bits per heavy atom. The Balaban J connectivity index is 1.77. The van der Waals surface area contributed by atoms with Gasteiger partial charge in [0.1, 0.15) is 0 Å². The summed E-state index contributed by atoms with van der Waals surface area (Å²) in [6, 6.07) is 0. The van der Waals surface area contributed by atoms with Crippen molar-refractivity contribution in [1.82, 2.24) is 0 Å². The summed E-state index contributed by atoms with van der Waals surface area (Å²) in [5.41, 5.74) is 1.19. The first-order chi connectivity index (χ1) is 9.62. The number of esters is 2. The molecule has 0 bridgehead atoms. The van der Waals surface area contributed by atoms with Gasteiger partial charge in [-0.15, -0.1) is 23.5 Å². The second kappa shape index (κ2) is 4.52. The maximum Gasteiger partial charge on any atom is 0.318 e. The number of rotatable bonds is 0. The average molecular weight is 312 g/mol. The van der Waals surface area contributed by atoms with Crippen LogP contribution in [0, 0.1) is 17.8 Å². The Hall–Kier alpha value is -0.460. The Morgan fingerprint density at radius 3 is 2.70 bits per heavy atom. The maximum absolute atomic E-state index is 12.0. The van der Waals surface area contributed by atoms with E-state index >= 15 is 0 Å². The van der Waals surface area contributed by atoms with Gasteiger partial charge in [0.15, 0.2) is 0 Å². The highest BCUT2D eigenvalue weighted by Gasteiger charge is 2.58. The van der Waals surface area contributed by atoms with Crippen molar-refractivity contribution in [3.63, 3.8) is 0 Å². The summed E-state index contributed by atoms with van der Waals surface area (Å²) in [5.74, 6) is 0.326. The van der Waals surface area contributed by atoms with E-state index in [0.29, 0.717) is 12.8 Å². The van der Waals surface area contributed by atoms with E-state index in [1.165, 1.54) is 5.57 Å². The highest BCUT2D eigenvalue weighted by molar-refractivity contribution is 8.21. The normalized spacial score (nSPS) is 42.1. The molecule has 2 aliphatic carbocycles. The molecular formula is C14H16O4S2. The average Bonchev–Trinajstić information content (AvgIpc) is 3.01. The fourth-order valence-corrected chi connectivity index (χ4v) is 7.52. The lowest BCUT2D eigenvalue weighted by atomic mass is 9.66. The summed E-state index contributed by atoms with van der Waals surface area (Å²) < 4.78 is 4.85. The first-order valence-corrected chi connectivity index (χ1v) is 9.01. The van der Waals surface area contributed by atoms with Gasteiger partial charge in [0.25, 0.3) is 0 Å². The molecule has 0 aromatic heterocycles. The zero-order chi connectivity index (χ0) is 13.9. The summed E-state index contributed by atoms with van der Waals surface area (Å²) in [7, 11) is 0. The molecule has 4 rings (SSSR count). The topological polar surface area (TPSA) is 63.6 Å². The van der Waals surface area contributed by atoms with Gasteiger partial charge in [-0.1, -0.05) is 6.08 Å². The molecule has 1 spiro atoms. The van der Waals surface area contributed by atoms with Gasteiger partial charge in [-0.05, 0) is 24.8 Å². The first kappa shape index (κ1) is 13.2. The summed E-state index contributed by atoms with van der Waals surface area (Å²) >= 11 is 3.87. The largest absolute Gasteiger partial charge is 0.393 e. The number of carbonyl (C=O) groups is 2. The van der Waals surface area contributed by atoms with Crippen molar-refractivity contribution in [2.75, 3.05) is 11.5 Å². The van der Waals surface area contributed by atoms with Gasteiger partial charge in [-0.2, -0.15) is 0 Å². The second-order valence-corrected chi connectivity index (χ2v) is 8.90. The molecule has 4 nitrogen and oxygen atoms in total. The van der Waals surface area contributed by atoms with Crippen LogP contribution in [-0.2, 0) is 14.3 Å².